The number of aliphatic hydroxyl groups is 1. The maximum Gasteiger partial charge on any atom is 0.337 e. The van der Waals surface area contributed by atoms with Gasteiger partial charge in [0, 0.05) is 31.1 Å². The maximum atomic E-state index is 11.2. The Morgan fingerprint density at radius 2 is 2.25 bits per heavy atom. The number of piperidine rings is 1. The van der Waals surface area contributed by atoms with Crippen LogP contribution in [0.15, 0.2) is 12.1 Å². The lowest BCUT2D eigenvalue weighted by Crippen LogP contribution is -2.36. The highest BCUT2D eigenvalue weighted by molar-refractivity contribution is 5.95. The van der Waals surface area contributed by atoms with E-state index in [9.17, 15) is 9.90 Å². The molecular weight excluding hydrogens is 256 g/mol. The second kappa shape index (κ2) is 6.13. The smallest absolute Gasteiger partial charge is 0.337 e. The summed E-state index contributed by atoms with van der Waals surface area (Å²) >= 11 is 0. The molecule has 0 spiro atoms. The van der Waals surface area contributed by atoms with Crippen LogP contribution in [-0.4, -0.2) is 35.9 Å². The fourth-order valence-corrected chi connectivity index (χ4v) is 2.86. The average Bonchev–Trinajstić information content (AvgIpc) is 2.42. The Labute approximate surface area is 119 Å². The largest absolute Gasteiger partial charge is 0.478 e. The van der Waals surface area contributed by atoms with E-state index < -0.39 is 5.97 Å². The second-order valence-electron chi connectivity index (χ2n) is 5.50. The van der Waals surface area contributed by atoms with Crippen LogP contribution in [0.5, 0.6) is 0 Å². The zero-order chi connectivity index (χ0) is 14.7. The number of carbonyl (C=O) groups is 1. The number of nitrogen functional groups attached to an aromatic ring is 1. The Morgan fingerprint density at radius 3 is 2.90 bits per heavy atom. The Morgan fingerprint density at radius 1 is 1.50 bits per heavy atom. The molecule has 5 nitrogen and oxygen atoms in total. The molecular formula is C15H22N2O3. The summed E-state index contributed by atoms with van der Waals surface area (Å²) in [5, 5.41) is 18.3. The summed E-state index contributed by atoms with van der Waals surface area (Å²) in [4.78, 5) is 13.4. The Balaban J connectivity index is 2.26. The molecule has 1 heterocycles. The lowest BCUT2D eigenvalue weighted by atomic mass is 9.94. The highest BCUT2D eigenvalue weighted by Crippen LogP contribution is 2.29. The standard InChI is InChI=1S/C15H22N2O3/c1-10-7-12(8-13(14(10)16)15(19)20)17-5-2-3-11(9-17)4-6-18/h7-8,11,18H,2-6,9,16H2,1H3,(H,19,20). The first-order valence-corrected chi connectivity index (χ1v) is 7.02. The molecule has 0 amide bonds. The summed E-state index contributed by atoms with van der Waals surface area (Å²) in [6, 6.07) is 3.61. The van der Waals surface area contributed by atoms with Crippen molar-refractivity contribution in [3.05, 3.63) is 23.3 Å². The molecule has 1 atom stereocenters. The highest BCUT2D eigenvalue weighted by atomic mass is 16.4. The average molecular weight is 278 g/mol. The number of nitrogens with zero attached hydrogens (tertiary/aromatic N) is 1. The van der Waals surface area contributed by atoms with Gasteiger partial charge in [-0.15, -0.1) is 0 Å². The second-order valence-corrected chi connectivity index (χ2v) is 5.50. The number of aliphatic hydroxyl groups excluding tert-OH is 1. The fraction of sp³-hybridized carbons (Fsp3) is 0.533. The number of nitrogens with two attached hydrogens (primary N) is 1. The third-order valence-corrected chi connectivity index (χ3v) is 4.02. The summed E-state index contributed by atoms with van der Waals surface area (Å²) in [6.45, 7) is 3.83. The molecule has 2 rings (SSSR count). The van der Waals surface area contributed by atoms with Gasteiger partial charge in [0.25, 0.3) is 0 Å². The molecule has 110 valence electrons. The van der Waals surface area contributed by atoms with Gasteiger partial charge in [0.1, 0.15) is 0 Å². The minimum absolute atomic E-state index is 0.171. The summed E-state index contributed by atoms with van der Waals surface area (Å²) < 4.78 is 0. The van der Waals surface area contributed by atoms with Crippen LogP contribution in [0.2, 0.25) is 0 Å². The molecule has 5 heteroatoms. The first-order chi connectivity index (χ1) is 9.52. The third-order valence-electron chi connectivity index (χ3n) is 4.02. The van der Waals surface area contributed by atoms with Crippen molar-refractivity contribution in [3.63, 3.8) is 0 Å². The van der Waals surface area contributed by atoms with Crippen LogP contribution in [0.3, 0.4) is 0 Å². The summed E-state index contributed by atoms with van der Waals surface area (Å²) in [5.41, 5.74) is 8.04. The van der Waals surface area contributed by atoms with E-state index in [-0.39, 0.29) is 12.2 Å². The topological polar surface area (TPSA) is 86.8 Å². The first kappa shape index (κ1) is 14.7. The highest BCUT2D eigenvalue weighted by Gasteiger charge is 2.21. The Kier molecular flexibility index (Phi) is 4.49. The van der Waals surface area contributed by atoms with E-state index in [1.54, 1.807) is 6.07 Å². The molecule has 20 heavy (non-hydrogen) atoms. The fourth-order valence-electron chi connectivity index (χ4n) is 2.86. The number of carboxylic acids is 1. The SMILES string of the molecule is Cc1cc(N2CCCC(CCO)C2)cc(C(=O)O)c1N. The number of rotatable bonds is 4. The molecule has 1 fully saturated rings. The normalized spacial score (nSPS) is 19.1. The number of benzene rings is 1. The number of anilines is 2. The lowest BCUT2D eigenvalue weighted by Gasteiger charge is -2.34. The predicted octanol–water partition coefficient (Wildman–Crippen LogP) is 1.87. The number of carboxylic acid groups (broad SMARTS) is 1. The van der Waals surface area contributed by atoms with Crippen LogP contribution in [0.1, 0.15) is 35.2 Å². The van der Waals surface area contributed by atoms with Gasteiger partial charge in [0.2, 0.25) is 0 Å². The summed E-state index contributed by atoms with van der Waals surface area (Å²) in [5.74, 6) is -0.517. The molecule has 0 radical (unpaired) electrons. The molecule has 0 aliphatic carbocycles. The van der Waals surface area contributed by atoms with Gasteiger partial charge in [-0.1, -0.05) is 0 Å². The van der Waals surface area contributed by atoms with Gasteiger partial charge in [0.15, 0.2) is 0 Å². The van der Waals surface area contributed by atoms with Crippen LogP contribution >= 0.6 is 0 Å². The number of hydrogen-bond acceptors (Lipinski definition) is 4. The number of aryl methyl sites for hydroxylation is 1. The van der Waals surface area contributed by atoms with Crippen LogP contribution in [0, 0.1) is 12.8 Å². The summed E-state index contributed by atoms with van der Waals surface area (Å²) in [6.07, 6.45) is 2.99. The molecule has 0 bridgehead atoms. The monoisotopic (exact) mass is 278 g/mol. The van der Waals surface area contributed by atoms with E-state index in [0.717, 1.165) is 43.6 Å². The third kappa shape index (κ3) is 3.04. The molecule has 1 aromatic rings. The van der Waals surface area contributed by atoms with Gasteiger partial charge < -0.3 is 20.8 Å². The van der Waals surface area contributed by atoms with Crippen molar-refractivity contribution in [3.8, 4) is 0 Å². The minimum Gasteiger partial charge on any atom is -0.478 e. The van der Waals surface area contributed by atoms with E-state index in [1.165, 1.54) is 0 Å². The summed E-state index contributed by atoms with van der Waals surface area (Å²) in [7, 11) is 0. The molecule has 1 unspecified atom stereocenters. The molecule has 4 N–H and O–H groups in total. The molecule has 1 aliphatic heterocycles. The van der Waals surface area contributed by atoms with Crippen molar-refractivity contribution in [2.45, 2.75) is 26.2 Å². The van der Waals surface area contributed by atoms with Crippen molar-refractivity contribution >= 4 is 17.3 Å². The van der Waals surface area contributed by atoms with E-state index in [2.05, 4.69) is 4.90 Å². The molecule has 1 saturated heterocycles. The zero-order valence-corrected chi connectivity index (χ0v) is 11.8. The number of aromatic carboxylic acids is 1. The minimum atomic E-state index is -0.989. The van der Waals surface area contributed by atoms with Crippen molar-refractivity contribution in [1.29, 1.82) is 0 Å². The molecule has 1 aromatic carbocycles. The Hall–Kier alpha value is -1.75. The lowest BCUT2D eigenvalue weighted by molar-refractivity contribution is 0.0698. The van der Waals surface area contributed by atoms with Crippen LogP contribution in [0.4, 0.5) is 11.4 Å². The molecule has 1 aliphatic rings. The molecule has 0 aromatic heterocycles. The Bertz CT molecular complexity index is 500. The van der Waals surface area contributed by atoms with Gasteiger partial charge >= 0.3 is 5.97 Å². The van der Waals surface area contributed by atoms with Crippen LogP contribution < -0.4 is 10.6 Å². The zero-order valence-electron chi connectivity index (χ0n) is 11.8. The van der Waals surface area contributed by atoms with Gasteiger partial charge in [0.05, 0.1) is 5.56 Å². The number of hydrogen-bond donors (Lipinski definition) is 3. The van der Waals surface area contributed by atoms with Crippen molar-refractivity contribution in [1.82, 2.24) is 0 Å². The van der Waals surface area contributed by atoms with E-state index in [1.807, 2.05) is 13.0 Å². The van der Waals surface area contributed by atoms with Crippen molar-refractivity contribution in [2.75, 3.05) is 30.3 Å². The van der Waals surface area contributed by atoms with Gasteiger partial charge in [-0.05, 0) is 49.8 Å². The van der Waals surface area contributed by atoms with Gasteiger partial charge in [-0.3, -0.25) is 0 Å². The maximum absolute atomic E-state index is 11.2. The quantitative estimate of drug-likeness (QED) is 0.732. The van der Waals surface area contributed by atoms with Crippen LogP contribution in [0.25, 0.3) is 0 Å². The van der Waals surface area contributed by atoms with Gasteiger partial charge in [-0.2, -0.15) is 0 Å². The predicted molar refractivity (Wildman–Crippen MR) is 79.2 cm³/mol. The van der Waals surface area contributed by atoms with Crippen molar-refractivity contribution < 1.29 is 15.0 Å². The van der Waals surface area contributed by atoms with Crippen molar-refractivity contribution in [2.24, 2.45) is 5.92 Å². The van der Waals surface area contributed by atoms with E-state index in [0.29, 0.717) is 11.6 Å². The van der Waals surface area contributed by atoms with E-state index in [4.69, 9.17) is 10.8 Å². The van der Waals surface area contributed by atoms with Crippen LogP contribution in [-0.2, 0) is 0 Å². The first-order valence-electron chi connectivity index (χ1n) is 7.02. The van der Waals surface area contributed by atoms with Gasteiger partial charge in [-0.25, -0.2) is 4.79 Å². The van der Waals surface area contributed by atoms with E-state index >= 15 is 0 Å². The molecule has 0 saturated carbocycles.